The van der Waals surface area contributed by atoms with Crippen molar-refractivity contribution in [2.45, 2.75) is 267 Å². The van der Waals surface area contributed by atoms with Crippen molar-refractivity contribution < 1.29 is 0 Å². The van der Waals surface area contributed by atoms with Crippen molar-refractivity contribution in [1.82, 2.24) is 9.80 Å². The van der Waals surface area contributed by atoms with Gasteiger partial charge in [0.2, 0.25) is 0 Å². The van der Waals surface area contributed by atoms with Crippen LogP contribution in [0.25, 0.3) is 0 Å². The molecule has 0 N–H and O–H groups in total. The highest BCUT2D eigenvalue weighted by molar-refractivity contribution is 5.12. The molecule has 12 rings (SSSR count). The van der Waals surface area contributed by atoms with Gasteiger partial charge in [0, 0.05) is 36.3 Å². The van der Waals surface area contributed by atoms with E-state index in [1.807, 2.05) is 0 Å². The lowest BCUT2D eigenvalue weighted by Crippen LogP contribution is -2.67. The molecule has 58 heavy (non-hydrogen) atoms. The summed E-state index contributed by atoms with van der Waals surface area (Å²) in [5, 5.41) is 0. The molecule has 12 aliphatic carbocycles. The molecule has 0 amide bonds. The molecule has 0 aromatic carbocycles. The van der Waals surface area contributed by atoms with Crippen LogP contribution in [0.15, 0.2) is 0 Å². The van der Waals surface area contributed by atoms with Crippen LogP contribution < -0.4 is 0 Å². The van der Waals surface area contributed by atoms with Crippen molar-refractivity contribution in [1.29, 1.82) is 0 Å². The molecule has 12 fully saturated rings. The van der Waals surface area contributed by atoms with Crippen LogP contribution in [-0.2, 0) is 0 Å². The van der Waals surface area contributed by atoms with E-state index in [-0.39, 0.29) is 0 Å². The SMILES string of the molecule is C1CCC2C(C1)CCCC2N(C1CCCC2CCCCC21)C1CCC2CCC3C4C(CCC1C24)CCC3N(C1CCCC2CCCCC21)C1CCCC2CCCCC21. The van der Waals surface area contributed by atoms with Crippen LogP contribution in [0.3, 0.4) is 0 Å². The molecule has 20 atom stereocenters. The quantitative estimate of drug-likeness (QED) is 0.264. The Labute approximate surface area is 358 Å². The lowest BCUT2D eigenvalue weighted by molar-refractivity contribution is -0.167. The van der Waals surface area contributed by atoms with Gasteiger partial charge < -0.3 is 0 Å². The molecule has 0 bridgehead atoms. The van der Waals surface area contributed by atoms with Crippen LogP contribution in [0.2, 0.25) is 0 Å². The molecule has 20 unspecified atom stereocenters. The Hall–Kier alpha value is -0.0800. The summed E-state index contributed by atoms with van der Waals surface area (Å²) in [4.78, 5) is 7.22. The fraction of sp³-hybridized carbons (Fsp3) is 1.00. The topological polar surface area (TPSA) is 6.48 Å². The summed E-state index contributed by atoms with van der Waals surface area (Å²) in [6, 6.07) is 5.67. The third-order valence-electron chi connectivity index (χ3n) is 23.4. The molecular formula is C56H92N2. The van der Waals surface area contributed by atoms with E-state index in [1.165, 1.54) is 0 Å². The Bertz CT molecular complexity index is 1200. The van der Waals surface area contributed by atoms with Crippen molar-refractivity contribution in [3.8, 4) is 0 Å². The molecule has 12 aliphatic rings. The number of nitrogens with zero attached hydrogens (tertiary/aromatic N) is 2. The molecule has 0 radical (unpaired) electrons. The van der Waals surface area contributed by atoms with Gasteiger partial charge in [0.15, 0.2) is 0 Å². The maximum Gasteiger partial charge on any atom is 0.0133 e. The van der Waals surface area contributed by atoms with Crippen molar-refractivity contribution in [2.75, 3.05) is 0 Å². The second-order valence-electron chi connectivity index (χ2n) is 25.2. The van der Waals surface area contributed by atoms with Gasteiger partial charge in [-0.25, -0.2) is 0 Å². The molecule has 0 aromatic rings. The predicted octanol–water partition coefficient (Wildman–Crippen LogP) is 14.6. The Morgan fingerprint density at radius 1 is 0.172 bits per heavy atom. The van der Waals surface area contributed by atoms with Gasteiger partial charge in [-0.15, -0.1) is 0 Å². The summed E-state index contributed by atoms with van der Waals surface area (Å²) in [6.07, 6.45) is 56.9. The molecule has 0 saturated heterocycles. The van der Waals surface area contributed by atoms with Crippen molar-refractivity contribution in [3.63, 3.8) is 0 Å². The van der Waals surface area contributed by atoms with Gasteiger partial charge in [-0.2, -0.15) is 0 Å². The van der Waals surface area contributed by atoms with E-state index in [4.69, 9.17) is 0 Å². The number of rotatable bonds is 6. The first-order valence-electron chi connectivity index (χ1n) is 28.3. The van der Waals surface area contributed by atoms with Crippen molar-refractivity contribution in [2.24, 2.45) is 82.9 Å². The van der Waals surface area contributed by atoms with Gasteiger partial charge in [-0.05, 0) is 186 Å². The Morgan fingerprint density at radius 3 is 0.759 bits per heavy atom. The third kappa shape index (κ3) is 6.94. The first-order chi connectivity index (χ1) is 28.8. The molecule has 0 aliphatic heterocycles. The van der Waals surface area contributed by atoms with E-state index in [9.17, 15) is 0 Å². The van der Waals surface area contributed by atoms with Gasteiger partial charge in [0.1, 0.15) is 0 Å². The number of fused-ring (bicyclic) bond motifs is 4. The van der Waals surface area contributed by atoms with Crippen LogP contribution in [0.1, 0.15) is 231 Å². The molecular weight excluding hydrogens is 701 g/mol. The normalized spacial score (nSPS) is 53.1. The van der Waals surface area contributed by atoms with Crippen LogP contribution >= 0.6 is 0 Å². The highest BCUT2D eigenvalue weighted by Gasteiger charge is 2.60. The third-order valence-corrected chi connectivity index (χ3v) is 23.4. The molecule has 2 nitrogen and oxygen atoms in total. The molecule has 0 spiro atoms. The zero-order valence-corrected chi connectivity index (χ0v) is 37.9. The molecule has 2 heteroatoms. The van der Waals surface area contributed by atoms with E-state index < -0.39 is 0 Å². The van der Waals surface area contributed by atoms with E-state index in [0.717, 1.165) is 119 Å². The maximum absolute atomic E-state index is 3.61. The van der Waals surface area contributed by atoms with Gasteiger partial charge in [0.05, 0.1) is 0 Å². The standard InChI is InChI=1S/C56H92N2/c1-5-21-43-37(13-1)17-9-25-49(43)57(50-26-10-18-38-14-2-6-22-44(38)50)53-35-31-41-30-34-48-54(36-32-42-29-33-47(53)55(41)56(42)48)58(51-27-11-19-39-15-3-7-23-45(39)51)52-28-12-20-40-16-4-8-24-46(40)52/h37-56H,1-36H2. The van der Waals surface area contributed by atoms with Crippen molar-refractivity contribution in [3.05, 3.63) is 0 Å². The fourth-order valence-corrected chi connectivity index (χ4v) is 21.6. The molecule has 12 saturated carbocycles. The highest BCUT2D eigenvalue weighted by atomic mass is 15.3. The van der Waals surface area contributed by atoms with Gasteiger partial charge in [-0.1, -0.05) is 128 Å². The lowest BCUT2D eigenvalue weighted by atomic mass is 9.46. The largest absolute Gasteiger partial charge is 0.294 e. The van der Waals surface area contributed by atoms with Crippen LogP contribution in [0.4, 0.5) is 0 Å². The summed E-state index contributed by atoms with van der Waals surface area (Å²) in [5.41, 5.74) is 0. The van der Waals surface area contributed by atoms with E-state index >= 15 is 0 Å². The first kappa shape index (κ1) is 39.5. The average molecular weight is 793 g/mol. The minimum Gasteiger partial charge on any atom is -0.294 e. The average Bonchev–Trinajstić information content (AvgIpc) is 3.29. The smallest absolute Gasteiger partial charge is 0.0133 e. The van der Waals surface area contributed by atoms with Crippen LogP contribution in [-0.4, -0.2) is 46.1 Å². The van der Waals surface area contributed by atoms with Gasteiger partial charge in [0.25, 0.3) is 0 Å². The summed E-state index contributed by atoms with van der Waals surface area (Å²) in [5.74, 6) is 14.9. The Kier molecular flexibility index (Phi) is 11.7. The summed E-state index contributed by atoms with van der Waals surface area (Å²) >= 11 is 0. The minimum absolute atomic E-state index is 0.941. The van der Waals surface area contributed by atoms with Gasteiger partial charge >= 0.3 is 0 Å². The zero-order chi connectivity index (χ0) is 38.2. The number of hydrogen-bond acceptors (Lipinski definition) is 2. The lowest BCUT2D eigenvalue weighted by Gasteiger charge is -2.66. The monoisotopic (exact) mass is 793 g/mol. The highest BCUT2D eigenvalue weighted by Crippen LogP contribution is 2.63. The summed E-state index contributed by atoms with van der Waals surface area (Å²) in [6.45, 7) is 0. The van der Waals surface area contributed by atoms with Crippen LogP contribution in [0.5, 0.6) is 0 Å². The molecule has 326 valence electrons. The molecule has 0 aromatic heterocycles. The minimum atomic E-state index is 0.941. The maximum atomic E-state index is 3.61. The van der Waals surface area contributed by atoms with E-state index in [2.05, 4.69) is 9.80 Å². The fourth-order valence-electron chi connectivity index (χ4n) is 21.6. The second kappa shape index (κ2) is 17.1. The molecule has 0 heterocycles. The van der Waals surface area contributed by atoms with E-state index in [0.29, 0.717) is 0 Å². The zero-order valence-electron chi connectivity index (χ0n) is 37.9. The van der Waals surface area contributed by atoms with E-state index in [1.54, 1.807) is 231 Å². The summed E-state index contributed by atoms with van der Waals surface area (Å²) < 4.78 is 0. The Balaban J connectivity index is 0.890. The number of hydrogen-bond donors (Lipinski definition) is 0. The first-order valence-corrected chi connectivity index (χ1v) is 28.3. The van der Waals surface area contributed by atoms with Gasteiger partial charge in [-0.3, -0.25) is 9.80 Å². The summed E-state index contributed by atoms with van der Waals surface area (Å²) in [7, 11) is 0. The van der Waals surface area contributed by atoms with Crippen LogP contribution in [0, 0.1) is 82.9 Å². The second-order valence-corrected chi connectivity index (χ2v) is 25.2. The predicted molar refractivity (Wildman–Crippen MR) is 241 cm³/mol. The Morgan fingerprint density at radius 2 is 0.431 bits per heavy atom. The van der Waals surface area contributed by atoms with Crippen molar-refractivity contribution >= 4 is 0 Å².